The van der Waals surface area contributed by atoms with Crippen LogP contribution in [-0.4, -0.2) is 35.1 Å². The molecule has 0 spiro atoms. The Bertz CT molecular complexity index is 1540. The molecule has 0 fully saturated rings. The van der Waals surface area contributed by atoms with E-state index in [0.717, 1.165) is 44.7 Å². The second-order valence-electron chi connectivity index (χ2n) is 10.1. The maximum Gasteiger partial charge on any atom is 0.414 e. The van der Waals surface area contributed by atoms with Gasteiger partial charge in [-0.25, -0.2) is 14.8 Å². The van der Waals surface area contributed by atoms with Gasteiger partial charge in [-0.1, -0.05) is 32.0 Å². The number of benzene rings is 3. The lowest BCUT2D eigenvalue weighted by atomic mass is 9.87. The van der Waals surface area contributed by atoms with E-state index >= 15 is 0 Å². The zero-order valence-electron chi connectivity index (χ0n) is 21.8. The van der Waals surface area contributed by atoms with Gasteiger partial charge >= 0.3 is 6.09 Å². The summed E-state index contributed by atoms with van der Waals surface area (Å²) in [5, 5.41) is 3.95. The van der Waals surface area contributed by atoms with Crippen molar-refractivity contribution < 1.29 is 14.3 Å². The predicted octanol–water partition coefficient (Wildman–Crippen LogP) is 6.42. The SMILES string of the molecule is CCOC(=O)N1CC(C)(C)c2ccc(NC(=O)c3ccc(C)c(-c4ccc5nc(C)ncc5c4)c3)cc21. The zero-order valence-corrected chi connectivity index (χ0v) is 21.8. The number of rotatable bonds is 4. The Labute approximate surface area is 216 Å². The molecule has 0 saturated heterocycles. The fourth-order valence-corrected chi connectivity index (χ4v) is 4.91. The molecular weight excluding hydrogens is 464 g/mol. The van der Waals surface area contributed by atoms with E-state index in [1.54, 1.807) is 11.8 Å². The van der Waals surface area contributed by atoms with Gasteiger partial charge in [-0.05, 0) is 79.4 Å². The highest BCUT2D eigenvalue weighted by atomic mass is 16.6. The van der Waals surface area contributed by atoms with Gasteiger partial charge in [0.25, 0.3) is 5.91 Å². The summed E-state index contributed by atoms with van der Waals surface area (Å²) in [6.07, 6.45) is 1.44. The Morgan fingerprint density at radius 1 is 1.05 bits per heavy atom. The predicted molar refractivity (Wildman–Crippen MR) is 146 cm³/mol. The summed E-state index contributed by atoms with van der Waals surface area (Å²) in [5.41, 5.74) is 6.69. The number of aromatic nitrogens is 2. The van der Waals surface area contributed by atoms with Gasteiger partial charge in [0, 0.05) is 34.8 Å². The molecule has 3 aromatic carbocycles. The minimum Gasteiger partial charge on any atom is -0.449 e. The third-order valence-corrected chi connectivity index (χ3v) is 6.83. The van der Waals surface area contributed by atoms with Crippen LogP contribution in [0.25, 0.3) is 22.0 Å². The topological polar surface area (TPSA) is 84.4 Å². The molecule has 0 aliphatic carbocycles. The average molecular weight is 495 g/mol. The van der Waals surface area contributed by atoms with Crippen LogP contribution in [0.15, 0.2) is 60.8 Å². The second-order valence-corrected chi connectivity index (χ2v) is 10.1. The summed E-state index contributed by atoms with van der Waals surface area (Å²) in [6.45, 7) is 10.7. The molecule has 1 aliphatic rings. The van der Waals surface area contributed by atoms with Crippen molar-refractivity contribution >= 4 is 34.3 Å². The largest absolute Gasteiger partial charge is 0.449 e. The van der Waals surface area contributed by atoms with E-state index in [-0.39, 0.29) is 17.4 Å². The van der Waals surface area contributed by atoms with E-state index < -0.39 is 0 Å². The Morgan fingerprint density at radius 2 is 1.86 bits per heavy atom. The third kappa shape index (κ3) is 4.65. The fourth-order valence-electron chi connectivity index (χ4n) is 4.91. The monoisotopic (exact) mass is 494 g/mol. The molecule has 4 aromatic rings. The molecule has 188 valence electrons. The Hall–Kier alpha value is -4.26. The van der Waals surface area contributed by atoms with Gasteiger partial charge in [-0.3, -0.25) is 9.69 Å². The number of aryl methyl sites for hydroxylation is 2. The first-order valence-corrected chi connectivity index (χ1v) is 12.4. The van der Waals surface area contributed by atoms with Gasteiger partial charge in [-0.2, -0.15) is 0 Å². The number of carbonyl (C=O) groups is 2. The molecule has 7 nitrogen and oxygen atoms in total. The Balaban J connectivity index is 1.43. The van der Waals surface area contributed by atoms with Crippen LogP contribution in [0, 0.1) is 13.8 Å². The number of anilines is 2. The van der Waals surface area contributed by atoms with Crippen molar-refractivity contribution in [1.29, 1.82) is 0 Å². The van der Waals surface area contributed by atoms with Gasteiger partial charge in [0.2, 0.25) is 0 Å². The Morgan fingerprint density at radius 3 is 2.65 bits per heavy atom. The first-order valence-electron chi connectivity index (χ1n) is 12.4. The maximum atomic E-state index is 13.3. The van der Waals surface area contributed by atoms with Gasteiger partial charge < -0.3 is 10.1 Å². The van der Waals surface area contributed by atoms with Crippen molar-refractivity contribution in [2.24, 2.45) is 0 Å². The van der Waals surface area contributed by atoms with Crippen molar-refractivity contribution in [1.82, 2.24) is 9.97 Å². The van der Waals surface area contributed by atoms with Gasteiger partial charge in [0.1, 0.15) is 5.82 Å². The number of hydrogen-bond donors (Lipinski definition) is 1. The van der Waals surface area contributed by atoms with E-state index in [0.29, 0.717) is 24.4 Å². The summed E-state index contributed by atoms with van der Waals surface area (Å²) < 4.78 is 5.26. The number of carbonyl (C=O) groups excluding carboxylic acids is 2. The summed E-state index contributed by atoms with van der Waals surface area (Å²) in [4.78, 5) is 36.3. The molecule has 1 aliphatic heterocycles. The van der Waals surface area contributed by atoms with Crippen molar-refractivity contribution in [2.45, 2.75) is 40.0 Å². The second kappa shape index (κ2) is 9.32. The van der Waals surface area contributed by atoms with Crippen LogP contribution in [0.1, 0.15) is 48.1 Å². The lowest BCUT2D eigenvalue weighted by Crippen LogP contribution is -2.34. The fraction of sp³-hybridized carbons (Fsp3) is 0.267. The lowest BCUT2D eigenvalue weighted by molar-refractivity contribution is 0.102. The molecule has 7 heteroatoms. The molecule has 2 amide bonds. The van der Waals surface area contributed by atoms with E-state index in [2.05, 4.69) is 29.1 Å². The van der Waals surface area contributed by atoms with E-state index in [1.165, 1.54) is 0 Å². The average Bonchev–Trinajstić information content (AvgIpc) is 3.14. The molecule has 2 heterocycles. The van der Waals surface area contributed by atoms with E-state index in [9.17, 15) is 9.59 Å². The van der Waals surface area contributed by atoms with Crippen LogP contribution in [0.4, 0.5) is 16.2 Å². The molecule has 1 N–H and O–H groups in total. The first-order chi connectivity index (χ1) is 17.7. The van der Waals surface area contributed by atoms with Crippen LogP contribution in [0.3, 0.4) is 0 Å². The third-order valence-electron chi connectivity index (χ3n) is 6.83. The molecular formula is C30H30N4O3. The number of nitrogens with zero attached hydrogens (tertiary/aromatic N) is 3. The van der Waals surface area contributed by atoms with Crippen LogP contribution >= 0.6 is 0 Å². The van der Waals surface area contributed by atoms with Gasteiger partial charge in [0.15, 0.2) is 0 Å². The smallest absolute Gasteiger partial charge is 0.414 e. The normalized spacial score (nSPS) is 13.9. The van der Waals surface area contributed by atoms with Gasteiger partial charge in [0.05, 0.1) is 17.8 Å². The summed E-state index contributed by atoms with van der Waals surface area (Å²) in [7, 11) is 0. The van der Waals surface area contributed by atoms with Crippen LogP contribution in [-0.2, 0) is 10.2 Å². The van der Waals surface area contributed by atoms with Gasteiger partial charge in [-0.15, -0.1) is 0 Å². The summed E-state index contributed by atoms with van der Waals surface area (Å²) >= 11 is 0. The summed E-state index contributed by atoms with van der Waals surface area (Å²) in [6, 6.07) is 17.4. The molecule has 0 saturated carbocycles. The number of nitrogens with one attached hydrogen (secondary N) is 1. The number of ether oxygens (including phenoxy) is 1. The number of hydrogen-bond acceptors (Lipinski definition) is 5. The standard InChI is InChI=1S/C30H30N4O3/c1-6-37-29(36)34-17-30(4,5)25-11-10-23(15-27(25)34)33-28(35)21-8-7-18(2)24(14-21)20-9-12-26-22(13-20)16-31-19(3)32-26/h7-16H,6,17H2,1-5H3,(H,33,35). The number of amides is 2. The van der Waals surface area contributed by atoms with Crippen molar-refractivity contribution in [3.8, 4) is 11.1 Å². The Kier molecular flexibility index (Phi) is 6.15. The molecule has 1 aromatic heterocycles. The summed E-state index contributed by atoms with van der Waals surface area (Å²) in [5.74, 6) is 0.511. The van der Waals surface area contributed by atoms with Crippen molar-refractivity contribution in [2.75, 3.05) is 23.4 Å². The molecule has 37 heavy (non-hydrogen) atoms. The molecule has 0 atom stereocenters. The minimum atomic E-state index is -0.378. The highest BCUT2D eigenvalue weighted by Gasteiger charge is 2.38. The molecule has 0 bridgehead atoms. The van der Waals surface area contributed by atoms with Crippen LogP contribution in [0.5, 0.6) is 0 Å². The molecule has 0 unspecified atom stereocenters. The molecule has 0 radical (unpaired) electrons. The lowest BCUT2D eigenvalue weighted by Gasteiger charge is -2.20. The van der Waals surface area contributed by atoms with Crippen LogP contribution < -0.4 is 10.2 Å². The minimum absolute atomic E-state index is 0.208. The quantitative estimate of drug-likeness (QED) is 0.354. The van der Waals surface area contributed by atoms with Crippen molar-refractivity contribution in [3.63, 3.8) is 0 Å². The van der Waals surface area contributed by atoms with Crippen molar-refractivity contribution in [3.05, 3.63) is 83.3 Å². The van der Waals surface area contributed by atoms with E-state index in [1.807, 2.05) is 74.6 Å². The highest BCUT2D eigenvalue weighted by molar-refractivity contribution is 6.06. The highest BCUT2D eigenvalue weighted by Crippen LogP contribution is 2.42. The van der Waals surface area contributed by atoms with E-state index in [4.69, 9.17) is 4.74 Å². The van der Waals surface area contributed by atoms with Crippen LogP contribution in [0.2, 0.25) is 0 Å². The number of fused-ring (bicyclic) bond motifs is 2. The molecule has 5 rings (SSSR count). The zero-order chi connectivity index (χ0) is 26.3. The first kappa shape index (κ1) is 24.4. The maximum absolute atomic E-state index is 13.3.